The van der Waals surface area contributed by atoms with Gasteiger partial charge in [-0.15, -0.1) is 0 Å². The highest BCUT2D eigenvalue weighted by molar-refractivity contribution is 5.55. The molecule has 0 radical (unpaired) electrons. The van der Waals surface area contributed by atoms with Crippen LogP contribution in [-0.4, -0.2) is 14.5 Å². The number of pyridine rings is 1. The minimum atomic E-state index is -0.0724. The molecule has 5 nitrogen and oxygen atoms in total. The topological polar surface area (TPSA) is 59.8 Å². The van der Waals surface area contributed by atoms with Gasteiger partial charge in [0.25, 0.3) is 5.56 Å². The van der Waals surface area contributed by atoms with E-state index in [9.17, 15) is 4.79 Å². The van der Waals surface area contributed by atoms with Gasteiger partial charge in [0.05, 0.1) is 6.54 Å². The number of benzene rings is 1. The molecule has 1 aromatic carbocycles. The molecule has 114 valence electrons. The second-order valence-corrected chi connectivity index (χ2v) is 5.00. The van der Waals surface area contributed by atoms with Crippen molar-refractivity contribution in [2.75, 3.05) is 5.32 Å². The zero-order valence-corrected chi connectivity index (χ0v) is 12.5. The van der Waals surface area contributed by atoms with E-state index in [4.69, 9.17) is 0 Å². The Morgan fingerprint density at radius 2 is 2.00 bits per heavy atom. The molecule has 2 heterocycles. The van der Waals surface area contributed by atoms with Crippen LogP contribution in [0.4, 0.5) is 11.5 Å². The molecule has 1 N–H and O–H groups in total. The molecule has 3 aromatic rings. The van der Waals surface area contributed by atoms with E-state index in [1.807, 2.05) is 36.4 Å². The average molecular weight is 304 g/mol. The number of hydrogen-bond donors (Lipinski definition) is 1. The molecule has 0 amide bonds. The van der Waals surface area contributed by atoms with E-state index in [-0.39, 0.29) is 5.56 Å². The van der Waals surface area contributed by atoms with Crippen LogP contribution in [0.2, 0.25) is 0 Å². The Morgan fingerprint density at radius 1 is 1.17 bits per heavy atom. The van der Waals surface area contributed by atoms with Crippen LogP contribution in [0.25, 0.3) is 6.08 Å². The van der Waals surface area contributed by atoms with E-state index >= 15 is 0 Å². The summed E-state index contributed by atoms with van der Waals surface area (Å²) in [4.78, 5) is 20.5. The molecule has 2 aromatic heterocycles. The van der Waals surface area contributed by atoms with Gasteiger partial charge in [-0.1, -0.05) is 36.9 Å². The summed E-state index contributed by atoms with van der Waals surface area (Å²) >= 11 is 0. The molecule has 5 heteroatoms. The maximum atomic E-state index is 12.2. The van der Waals surface area contributed by atoms with Gasteiger partial charge < -0.3 is 9.88 Å². The van der Waals surface area contributed by atoms with Crippen LogP contribution < -0.4 is 10.9 Å². The highest BCUT2D eigenvalue weighted by Crippen LogP contribution is 2.12. The zero-order valence-electron chi connectivity index (χ0n) is 12.5. The lowest BCUT2D eigenvalue weighted by molar-refractivity contribution is 0.760. The van der Waals surface area contributed by atoms with Crippen molar-refractivity contribution in [1.82, 2.24) is 14.5 Å². The van der Waals surface area contributed by atoms with Gasteiger partial charge in [-0.2, -0.15) is 0 Å². The normalized spacial score (nSPS) is 10.3. The standard InChI is InChI=1S/C18H16N4O/c1-2-16-19-10-8-17(21-16)20-15-9-11-22(18(23)12-15)13-14-6-4-3-5-7-14/h2-12H,1,13H2,(H,19,20,21). The van der Waals surface area contributed by atoms with Gasteiger partial charge in [-0.3, -0.25) is 4.79 Å². The SMILES string of the molecule is C=Cc1nccc(Nc2ccn(Cc3ccccc3)c(=O)c2)n1. The van der Waals surface area contributed by atoms with Crippen LogP contribution in [0.5, 0.6) is 0 Å². The number of nitrogens with zero attached hydrogens (tertiary/aromatic N) is 3. The molecule has 23 heavy (non-hydrogen) atoms. The molecular formula is C18H16N4O. The van der Waals surface area contributed by atoms with Crippen molar-refractivity contribution in [1.29, 1.82) is 0 Å². The van der Waals surface area contributed by atoms with E-state index in [1.54, 1.807) is 35.2 Å². The smallest absolute Gasteiger partial charge is 0.252 e. The average Bonchev–Trinajstić information content (AvgIpc) is 2.58. The van der Waals surface area contributed by atoms with Gasteiger partial charge in [0.15, 0.2) is 5.82 Å². The summed E-state index contributed by atoms with van der Waals surface area (Å²) in [6.45, 7) is 4.19. The van der Waals surface area contributed by atoms with Crippen molar-refractivity contribution in [2.45, 2.75) is 6.54 Å². The summed E-state index contributed by atoms with van der Waals surface area (Å²) < 4.78 is 1.66. The number of aromatic nitrogens is 3. The van der Waals surface area contributed by atoms with Crippen molar-refractivity contribution in [3.63, 3.8) is 0 Å². The van der Waals surface area contributed by atoms with Crippen LogP contribution in [0.15, 0.2) is 72.3 Å². The molecule has 0 atom stereocenters. The van der Waals surface area contributed by atoms with Crippen molar-refractivity contribution in [3.05, 3.63) is 89.2 Å². The van der Waals surface area contributed by atoms with E-state index in [0.29, 0.717) is 23.9 Å². The van der Waals surface area contributed by atoms with Crippen LogP contribution in [0.1, 0.15) is 11.4 Å². The first-order valence-electron chi connectivity index (χ1n) is 7.21. The van der Waals surface area contributed by atoms with E-state index in [2.05, 4.69) is 21.9 Å². The van der Waals surface area contributed by atoms with Crippen LogP contribution in [0, 0.1) is 0 Å². The molecule has 0 aliphatic heterocycles. The molecule has 0 fully saturated rings. The van der Waals surface area contributed by atoms with Crippen LogP contribution in [-0.2, 0) is 6.54 Å². The lowest BCUT2D eigenvalue weighted by Gasteiger charge is -2.09. The zero-order chi connectivity index (χ0) is 16.1. The van der Waals surface area contributed by atoms with Gasteiger partial charge in [0.2, 0.25) is 0 Å². The van der Waals surface area contributed by atoms with E-state index < -0.39 is 0 Å². The van der Waals surface area contributed by atoms with Gasteiger partial charge in [0.1, 0.15) is 5.82 Å². The Balaban J connectivity index is 1.79. The summed E-state index contributed by atoms with van der Waals surface area (Å²) in [6.07, 6.45) is 4.99. The summed E-state index contributed by atoms with van der Waals surface area (Å²) in [6, 6.07) is 15.0. The quantitative estimate of drug-likeness (QED) is 0.787. The molecule has 0 saturated heterocycles. The highest BCUT2D eigenvalue weighted by atomic mass is 16.1. The monoisotopic (exact) mass is 304 g/mol. The Kier molecular flexibility index (Phi) is 4.29. The minimum absolute atomic E-state index is 0.0724. The second kappa shape index (κ2) is 6.70. The fourth-order valence-corrected chi connectivity index (χ4v) is 2.19. The predicted molar refractivity (Wildman–Crippen MR) is 91.7 cm³/mol. The third-order valence-corrected chi connectivity index (χ3v) is 3.32. The van der Waals surface area contributed by atoms with E-state index in [1.165, 1.54) is 0 Å². The molecule has 0 aliphatic rings. The Bertz CT molecular complexity index is 871. The van der Waals surface area contributed by atoms with Crippen molar-refractivity contribution >= 4 is 17.6 Å². The fourth-order valence-electron chi connectivity index (χ4n) is 2.19. The lowest BCUT2D eigenvalue weighted by atomic mass is 10.2. The molecular weight excluding hydrogens is 288 g/mol. The number of anilines is 2. The maximum Gasteiger partial charge on any atom is 0.252 e. The lowest BCUT2D eigenvalue weighted by Crippen LogP contribution is -2.19. The number of hydrogen-bond acceptors (Lipinski definition) is 4. The minimum Gasteiger partial charge on any atom is -0.340 e. The number of nitrogens with one attached hydrogen (secondary N) is 1. The predicted octanol–water partition coefficient (Wildman–Crippen LogP) is 3.07. The Labute approximate surface area is 134 Å². The molecule has 0 spiro atoms. The van der Waals surface area contributed by atoms with Gasteiger partial charge in [0, 0.05) is 24.1 Å². The van der Waals surface area contributed by atoms with Gasteiger partial charge in [-0.05, 0) is 23.8 Å². The van der Waals surface area contributed by atoms with Gasteiger partial charge in [-0.25, -0.2) is 9.97 Å². The van der Waals surface area contributed by atoms with E-state index in [0.717, 1.165) is 5.56 Å². The molecule has 0 aliphatic carbocycles. The Hall–Kier alpha value is -3.21. The first-order valence-corrected chi connectivity index (χ1v) is 7.21. The van der Waals surface area contributed by atoms with Crippen LogP contribution in [0.3, 0.4) is 0 Å². The van der Waals surface area contributed by atoms with Gasteiger partial charge >= 0.3 is 0 Å². The number of rotatable bonds is 5. The molecule has 3 rings (SSSR count). The summed E-state index contributed by atoms with van der Waals surface area (Å²) in [5, 5.41) is 3.10. The van der Waals surface area contributed by atoms with Crippen molar-refractivity contribution < 1.29 is 0 Å². The summed E-state index contributed by atoms with van der Waals surface area (Å²) in [5.74, 6) is 1.16. The largest absolute Gasteiger partial charge is 0.340 e. The third-order valence-electron chi connectivity index (χ3n) is 3.32. The maximum absolute atomic E-state index is 12.2. The Morgan fingerprint density at radius 3 is 2.74 bits per heavy atom. The van der Waals surface area contributed by atoms with Crippen molar-refractivity contribution in [2.24, 2.45) is 0 Å². The second-order valence-electron chi connectivity index (χ2n) is 5.00. The fraction of sp³-hybridized carbons (Fsp3) is 0.0556. The molecule has 0 saturated carbocycles. The summed E-state index contributed by atoms with van der Waals surface area (Å²) in [5.41, 5.74) is 1.70. The van der Waals surface area contributed by atoms with Crippen LogP contribution >= 0.6 is 0 Å². The molecule has 0 bridgehead atoms. The molecule has 0 unspecified atom stereocenters. The first kappa shape index (κ1) is 14.7. The highest BCUT2D eigenvalue weighted by Gasteiger charge is 2.02. The van der Waals surface area contributed by atoms with Crippen molar-refractivity contribution in [3.8, 4) is 0 Å². The third kappa shape index (κ3) is 3.71. The first-order chi connectivity index (χ1) is 11.2. The summed E-state index contributed by atoms with van der Waals surface area (Å²) in [7, 11) is 0.